The molecular weight excluding hydrogens is 582 g/mol. The van der Waals surface area contributed by atoms with E-state index in [1.807, 2.05) is 6.07 Å². The first kappa shape index (κ1) is 33.1. The zero-order valence-electron chi connectivity index (χ0n) is 22.4. The van der Waals surface area contributed by atoms with Crippen LogP contribution in [-0.2, 0) is 21.2 Å². The van der Waals surface area contributed by atoms with E-state index in [0.717, 1.165) is 5.56 Å². The molecule has 0 aliphatic carbocycles. The molecule has 4 aromatic carbocycles. The molecule has 0 aliphatic rings. The van der Waals surface area contributed by atoms with Gasteiger partial charge in [0.15, 0.2) is 11.6 Å². The summed E-state index contributed by atoms with van der Waals surface area (Å²) in [6.45, 7) is 0. The van der Waals surface area contributed by atoms with E-state index in [1.54, 1.807) is 54.6 Å². The standard InChI is InChI=1S/C30H27N5O6S.2CH4/c1-41-24-16-21(15-23(37)18-24)32-29-30(34-27-11-3-2-10-26(27)33-29)35-42(39,40)25-9-5-7-20(17-25)31-28(38)13-12-19-6-4-8-22(36)14-19;;/h2-11,14-18,36-37H,12-13H2,1H3,(H,31,38)(H,32,33)(H,34,35);2*1H4. The number of para-hydroxylation sites is 2. The summed E-state index contributed by atoms with van der Waals surface area (Å²) in [6, 6.07) is 23.9. The van der Waals surface area contributed by atoms with Crippen molar-refractivity contribution < 1.29 is 28.2 Å². The summed E-state index contributed by atoms with van der Waals surface area (Å²) >= 11 is 0. The van der Waals surface area contributed by atoms with Gasteiger partial charge in [-0.15, -0.1) is 0 Å². The molecule has 12 heteroatoms. The molecule has 1 amide bonds. The van der Waals surface area contributed by atoms with Gasteiger partial charge in [0.1, 0.15) is 17.2 Å². The molecule has 0 saturated heterocycles. The number of aromatic nitrogens is 2. The monoisotopic (exact) mass is 617 g/mol. The average Bonchev–Trinajstić information content (AvgIpc) is 2.96. The summed E-state index contributed by atoms with van der Waals surface area (Å²) in [5.41, 5.74) is 2.48. The van der Waals surface area contributed by atoms with Crippen LogP contribution in [0.5, 0.6) is 17.2 Å². The number of methoxy groups -OCH3 is 1. The van der Waals surface area contributed by atoms with Gasteiger partial charge in [0.25, 0.3) is 10.0 Å². The largest absolute Gasteiger partial charge is 0.508 e. The minimum Gasteiger partial charge on any atom is -0.508 e. The number of amides is 1. The van der Waals surface area contributed by atoms with Gasteiger partial charge in [0.05, 0.1) is 23.0 Å². The third-order valence-corrected chi connectivity index (χ3v) is 7.51. The predicted molar refractivity (Wildman–Crippen MR) is 173 cm³/mol. The van der Waals surface area contributed by atoms with E-state index in [1.165, 1.54) is 37.4 Å². The number of aromatic hydroxyl groups is 2. The summed E-state index contributed by atoms with van der Waals surface area (Å²) in [7, 11) is -2.72. The molecule has 5 rings (SSSR count). The second-order valence-electron chi connectivity index (χ2n) is 9.31. The van der Waals surface area contributed by atoms with E-state index in [-0.39, 0.29) is 55.2 Å². The third kappa shape index (κ3) is 8.13. The van der Waals surface area contributed by atoms with E-state index in [2.05, 4.69) is 25.3 Å². The van der Waals surface area contributed by atoms with Gasteiger partial charge in [-0.1, -0.05) is 45.2 Å². The molecule has 5 aromatic rings. The molecule has 0 bridgehead atoms. The number of phenolic OH excluding ortho intramolecular Hbond substituents is 2. The normalized spacial score (nSPS) is 10.7. The highest BCUT2D eigenvalue weighted by Crippen LogP contribution is 2.31. The van der Waals surface area contributed by atoms with Crippen molar-refractivity contribution in [2.24, 2.45) is 0 Å². The van der Waals surface area contributed by atoms with Crippen LogP contribution in [0.4, 0.5) is 23.0 Å². The number of carbonyl (C=O) groups excluding carboxylic acids is 1. The number of hydrogen-bond donors (Lipinski definition) is 5. The van der Waals surface area contributed by atoms with Crippen molar-refractivity contribution in [3.05, 3.63) is 96.6 Å². The molecule has 230 valence electrons. The fraction of sp³-hybridized carbons (Fsp3) is 0.156. The predicted octanol–water partition coefficient (Wildman–Crippen LogP) is 6.44. The quantitative estimate of drug-likeness (QED) is 0.119. The summed E-state index contributed by atoms with van der Waals surface area (Å²) in [5.74, 6) is 0.157. The molecule has 0 radical (unpaired) electrons. The number of anilines is 4. The number of aryl methyl sites for hydroxylation is 1. The van der Waals surface area contributed by atoms with Crippen LogP contribution < -0.4 is 20.1 Å². The highest BCUT2D eigenvalue weighted by atomic mass is 32.2. The lowest BCUT2D eigenvalue weighted by atomic mass is 10.1. The Balaban J connectivity index is 0.00000264. The van der Waals surface area contributed by atoms with E-state index >= 15 is 0 Å². The summed E-state index contributed by atoms with van der Waals surface area (Å²) in [6.07, 6.45) is 0.543. The van der Waals surface area contributed by atoms with Crippen molar-refractivity contribution in [1.82, 2.24) is 9.97 Å². The fourth-order valence-corrected chi connectivity index (χ4v) is 5.24. The second-order valence-corrected chi connectivity index (χ2v) is 11.0. The molecule has 11 nitrogen and oxygen atoms in total. The van der Waals surface area contributed by atoms with Gasteiger partial charge >= 0.3 is 0 Å². The number of carbonyl (C=O) groups is 1. The van der Waals surface area contributed by atoms with E-state index < -0.39 is 10.0 Å². The van der Waals surface area contributed by atoms with Crippen LogP contribution in [0.25, 0.3) is 11.0 Å². The van der Waals surface area contributed by atoms with Gasteiger partial charge in [0.2, 0.25) is 5.91 Å². The first-order chi connectivity index (χ1) is 20.2. The molecule has 0 atom stereocenters. The molecule has 44 heavy (non-hydrogen) atoms. The molecule has 5 N–H and O–H groups in total. The number of benzene rings is 4. The lowest BCUT2D eigenvalue weighted by Gasteiger charge is -2.15. The zero-order chi connectivity index (χ0) is 29.7. The van der Waals surface area contributed by atoms with E-state index in [9.17, 15) is 23.4 Å². The van der Waals surface area contributed by atoms with Crippen LogP contribution in [0.3, 0.4) is 0 Å². The molecule has 1 heterocycles. The minimum atomic E-state index is -4.18. The number of rotatable bonds is 10. The van der Waals surface area contributed by atoms with Crippen LogP contribution in [-0.4, -0.2) is 41.6 Å². The Hall–Kier alpha value is -5.36. The Labute approximate surface area is 256 Å². The number of nitrogens with one attached hydrogen (secondary N) is 3. The lowest BCUT2D eigenvalue weighted by Crippen LogP contribution is -2.17. The van der Waals surface area contributed by atoms with Crippen molar-refractivity contribution in [1.29, 1.82) is 0 Å². The van der Waals surface area contributed by atoms with Gasteiger partial charge in [-0.25, -0.2) is 18.4 Å². The van der Waals surface area contributed by atoms with Gasteiger partial charge < -0.3 is 25.6 Å². The maximum Gasteiger partial charge on any atom is 0.263 e. The van der Waals surface area contributed by atoms with Crippen molar-refractivity contribution >= 4 is 50.0 Å². The number of phenols is 2. The van der Waals surface area contributed by atoms with Gasteiger partial charge in [0, 0.05) is 36.0 Å². The van der Waals surface area contributed by atoms with Gasteiger partial charge in [-0.2, -0.15) is 0 Å². The smallest absolute Gasteiger partial charge is 0.263 e. The number of ether oxygens (including phenoxy) is 1. The average molecular weight is 618 g/mol. The number of fused-ring (bicyclic) bond motifs is 1. The number of sulfonamides is 1. The fourth-order valence-electron chi connectivity index (χ4n) is 4.19. The van der Waals surface area contributed by atoms with Crippen molar-refractivity contribution in [3.8, 4) is 17.2 Å². The van der Waals surface area contributed by atoms with Gasteiger partial charge in [-0.3, -0.25) is 9.52 Å². The SMILES string of the molecule is C.C.COc1cc(O)cc(Nc2nc3ccccc3nc2NS(=O)(=O)c2cccc(NC(=O)CCc3cccc(O)c3)c2)c1. The van der Waals surface area contributed by atoms with E-state index in [4.69, 9.17) is 4.74 Å². The lowest BCUT2D eigenvalue weighted by molar-refractivity contribution is -0.116. The second kappa shape index (κ2) is 14.2. The highest BCUT2D eigenvalue weighted by molar-refractivity contribution is 7.92. The molecule has 0 unspecified atom stereocenters. The Kier molecular flexibility index (Phi) is 10.7. The molecule has 1 aromatic heterocycles. The molecule has 0 fully saturated rings. The van der Waals surface area contributed by atoms with Crippen molar-refractivity contribution in [3.63, 3.8) is 0 Å². The zero-order valence-corrected chi connectivity index (χ0v) is 23.2. The highest BCUT2D eigenvalue weighted by Gasteiger charge is 2.20. The summed E-state index contributed by atoms with van der Waals surface area (Å²) in [4.78, 5) is 21.5. The molecule has 0 spiro atoms. The minimum absolute atomic E-state index is 0. The Morgan fingerprint density at radius 2 is 1.50 bits per heavy atom. The number of hydrogen-bond acceptors (Lipinski definition) is 9. The van der Waals surface area contributed by atoms with Crippen LogP contribution in [0, 0.1) is 0 Å². The maximum absolute atomic E-state index is 13.5. The topological polar surface area (TPSA) is 163 Å². The first-order valence-electron chi connectivity index (χ1n) is 12.8. The molecular formula is C32H35N5O6S. The third-order valence-electron chi connectivity index (χ3n) is 6.17. The van der Waals surface area contributed by atoms with Crippen LogP contribution in [0.1, 0.15) is 26.8 Å². The summed E-state index contributed by atoms with van der Waals surface area (Å²) < 4.78 is 34.7. The Morgan fingerprint density at radius 1 is 0.795 bits per heavy atom. The van der Waals surface area contributed by atoms with Crippen LogP contribution in [0.2, 0.25) is 0 Å². The van der Waals surface area contributed by atoms with Crippen LogP contribution >= 0.6 is 0 Å². The van der Waals surface area contributed by atoms with Gasteiger partial charge in [-0.05, 0) is 54.4 Å². The Bertz CT molecular complexity index is 1880. The summed E-state index contributed by atoms with van der Waals surface area (Å²) in [5, 5.41) is 25.4. The van der Waals surface area contributed by atoms with Crippen LogP contribution in [0.15, 0.2) is 95.9 Å². The number of nitrogens with zero attached hydrogens (tertiary/aromatic N) is 2. The van der Waals surface area contributed by atoms with E-state index in [0.29, 0.717) is 34.6 Å². The van der Waals surface area contributed by atoms with Crippen molar-refractivity contribution in [2.75, 3.05) is 22.5 Å². The molecule has 0 saturated carbocycles. The molecule has 0 aliphatic heterocycles. The maximum atomic E-state index is 13.5. The first-order valence-corrected chi connectivity index (χ1v) is 14.3. The van der Waals surface area contributed by atoms with Crippen molar-refractivity contribution in [2.45, 2.75) is 32.6 Å². The Morgan fingerprint density at radius 3 is 2.20 bits per heavy atom.